The Kier molecular flexibility index (Phi) is 5.66. The van der Waals surface area contributed by atoms with E-state index in [0.717, 1.165) is 12.8 Å². The summed E-state index contributed by atoms with van der Waals surface area (Å²) in [5.74, 6) is 0.0220. The summed E-state index contributed by atoms with van der Waals surface area (Å²) in [4.78, 5) is 23.3. The molecule has 0 saturated carbocycles. The first-order chi connectivity index (χ1) is 8.11. The molecule has 3 heteroatoms. The molecule has 0 radical (unpaired) electrons. The second-order valence-electron chi connectivity index (χ2n) is 5.22. The predicted molar refractivity (Wildman–Crippen MR) is 68.3 cm³/mol. The Morgan fingerprint density at radius 2 is 1.82 bits per heavy atom. The van der Waals surface area contributed by atoms with E-state index in [1.807, 2.05) is 6.92 Å². The number of imide groups is 1. The maximum atomic E-state index is 11.8. The number of hydrogen-bond donors (Lipinski definition) is 1. The first kappa shape index (κ1) is 14.2. The van der Waals surface area contributed by atoms with E-state index in [-0.39, 0.29) is 23.7 Å². The van der Waals surface area contributed by atoms with Gasteiger partial charge in [-0.1, -0.05) is 46.5 Å². The number of carbonyl (C=O) groups excluding carboxylic acids is 2. The van der Waals surface area contributed by atoms with Gasteiger partial charge in [0.2, 0.25) is 11.8 Å². The largest absolute Gasteiger partial charge is 0.296 e. The molecule has 0 aliphatic carbocycles. The van der Waals surface area contributed by atoms with Crippen molar-refractivity contribution in [3.63, 3.8) is 0 Å². The SMILES string of the molecule is CCCCCCC(C)C1C(=O)NC(=O)C1CC. The molecule has 2 amide bonds. The number of hydrogen-bond acceptors (Lipinski definition) is 2. The standard InChI is InChI=1S/C14H25NO2/c1-4-6-7-8-9-10(3)12-11(5-2)13(16)15-14(12)17/h10-12H,4-9H2,1-3H3,(H,15,16,17). The number of unbranched alkanes of at least 4 members (excludes halogenated alkanes) is 3. The van der Waals surface area contributed by atoms with E-state index >= 15 is 0 Å². The van der Waals surface area contributed by atoms with Crippen LogP contribution < -0.4 is 5.32 Å². The minimum absolute atomic E-state index is 0.0511. The Balaban J connectivity index is 2.46. The van der Waals surface area contributed by atoms with Gasteiger partial charge in [0, 0.05) is 5.92 Å². The molecule has 0 spiro atoms. The quantitative estimate of drug-likeness (QED) is 0.548. The second kappa shape index (κ2) is 6.77. The zero-order valence-corrected chi connectivity index (χ0v) is 11.3. The molecule has 0 aromatic heterocycles. The monoisotopic (exact) mass is 239 g/mol. The summed E-state index contributed by atoms with van der Waals surface area (Å²) in [5, 5.41) is 2.47. The summed E-state index contributed by atoms with van der Waals surface area (Å²) in [6, 6.07) is 0. The fraction of sp³-hybridized carbons (Fsp3) is 0.857. The van der Waals surface area contributed by atoms with Gasteiger partial charge in [-0.2, -0.15) is 0 Å². The fourth-order valence-electron chi connectivity index (χ4n) is 2.81. The van der Waals surface area contributed by atoms with Gasteiger partial charge in [0.25, 0.3) is 0 Å². The summed E-state index contributed by atoms with van der Waals surface area (Å²) < 4.78 is 0. The molecule has 1 N–H and O–H groups in total. The van der Waals surface area contributed by atoms with Crippen LogP contribution in [0.4, 0.5) is 0 Å². The number of carbonyl (C=O) groups is 2. The third kappa shape index (κ3) is 3.55. The summed E-state index contributed by atoms with van der Waals surface area (Å²) in [6.07, 6.45) is 6.72. The van der Waals surface area contributed by atoms with Gasteiger partial charge in [-0.25, -0.2) is 0 Å². The van der Waals surface area contributed by atoms with Gasteiger partial charge in [0.1, 0.15) is 0 Å². The van der Waals surface area contributed by atoms with E-state index in [4.69, 9.17) is 0 Å². The van der Waals surface area contributed by atoms with Crippen molar-refractivity contribution in [3.8, 4) is 0 Å². The Bertz CT molecular complexity index is 275. The summed E-state index contributed by atoms with van der Waals surface area (Å²) in [6.45, 7) is 6.29. The number of amides is 2. The van der Waals surface area contributed by atoms with E-state index in [0.29, 0.717) is 5.92 Å². The van der Waals surface area contributed by atoms with E-state index in [2.05, 4.69) is 19.2 Å². The lowest BCUT2D eigenvalue weighted by Crippen LogP contribution is -2.25. The van der Waals surface area contributed by atoms with E-state index < -0.39 is 0 Å². The van der Waals surface area contributed by atoms with Crippen molar-refractivity contribution in [1.29, 1.82) is 0 Å². The third-order valence-electron chi connectivity index (χ3n) is 3.89. The molecule has 1 aliphatic rings. The van der Waals surface area contributed by atoms with Gasteiger partial charge in [-0.3, -0.25) is 14.9 Å². The van der Waals surface area contributed by atoms with E-state index in [1.54, 1.807) is 0 Å². The first-order valence-electron chi connectivity index (χ1n) is 6.96. The molecule has 1 saturated heterocycles. The molecule has 0 aromatic rings. The Labute approximate surface area is 104 Å². The molecule has 1 aliphatic heterocycles. The zero-order valence-electron chi connectivity index (χ0n) is 11.3. The van der Waals surface area contributed by atoms with Crippen LogP contribution in [0.1, 0.15) is 59.3 Å². The van der Waals surface area contributed by atoms with Crippen LogP contribution in [0.15, 0.2) is 0 Å². The Morgan fingerprint density at radius 3 is 2.41 bits per heavy atom. The highest BCUT2D eigenvalue weighted by molar-refractivity contribution is 6.05. The minimum atomic E-state index is -0.0938. The van der Waals surface area contributed by atoms with Crippen molar-refractivity contribution < 1.29 is 9.59 Å². The molecule has 1 heterocycles. The maximum Gasteiger partial charge on any atom is 0.230 e. The van der Waals surface area contributed by atoms with Crippen LogP contribution in [0.3, 0.4) is 0 Å². The Hall–Kier alpha value is -0.860. The number of rotatable bonds is 7. The van der Waals surface area contributed by atoms with Crippen LogP contribution in [0.25, 0.3) is 0 Å². The maximum absolute atomic E-state index is 11.8. The molecule has 0 bridgehead atoms. The molecule has 3 nitrogen and oxygen atoms in total. The van der Waals surface area contributed by atoms with Gasteiger partial charge in [0.05, 0.1) is 5.92 Å². The highest BCUT2D eigenvalue weighted by Crippen LogP contribution is 2.32. The van der Waals surface area contributed by atoms with Crippen molar-refractivity contribution in [2.24, 2.45) is 17.8 Å². The van der Waals surface area contributed by atoms with Crippen LogP contribution in [-0.2, 0) is 9.59 Å². The molecule has 98 valence electrons. The smallest absolute Gasteiger partial charge is 0.230 e. The molecular formula is C14H25NO2. The lowest BCUT2D eigenvalue weighted by molar-refractivity contribution is -0.126. The van der Waals surface area contributed by atoms with Crippen LogP contribution in [-0.4, -0.2) is 11.8 Å². The van der Waals surface area contributed by atoms with Gasteiger partial charge in [0.15, 0.2) is 0 Å². The molecule has 17 heavy (non-hydrogen) atoms. The van der Waals surface area contributed by atoms with E-state index in [9.17, 15) is 9.59 Å². The van der Waals surface area contributed by atoms with Gasteiger partial charge in [-0.05, 0) is 18.8 Å². The highest BCUT2D eigenvalue weighted by atomic mass is 16.2. The van der Waals surface area contributed by atoms with Crippen LogP contribution >= 0.6 is 0 Å². The molecule has 3 atom stereocenters. The molecule has 0 aromatic carbocycles. The first-order valence-corrected chi connectivity index (χ1v) is 6.96. The molecule has 3 unspecified atom stereocenters. The normalized spacial score (nSPS) is 26.1. The van der Waals surface area contributed by atoms with Crippen molar-refractivity contribution in [1.82, 2.24) is 5.32 Å². The topological polar surface area (TPSA) is 46.2 Å². The fourth-order valence-corrected chi connectivity index (χ4v) is 2.81. The second-order valence-corrected chi connectivity index (χ2v) is 5.22. The van der Waals surface area contributed by atoms with Crippen LogP contribution in [0, 0.1) is 17.8 Å². The third-order valence-corrected chi connectivity index (χ3v) is 3.89. The average Bonchev–Trinajstić information content (AvgIpc) is 2.58. The lowest BCUT2D eigenvalue weighted by atomic mass is 9.80. The lowest BCUT2D eigenvalue weighted by Gasteiger charge is -2.21. The Morgan fingerprint density at radius 1 is 1.12 bits per heavy atom. The highest BCUT2D eigenvalue weighted by Gasteiger charge is 2.42. The van der Waals surface area contributed by atoms with Gasteiger partial charge >= 0.3 is 0 Å². The summed E-state index contributed by atoms with van der Waals surface area (Å²) in [7, 11) is 0. The molecule has 1 rings (SSSR count). The van der Waals surface area contributed by atoms with Gasteiger partial charge < -0.3 is 0 Å². The zero-order chi connectivity index (χ0) is 12.8. The van der Waals surface area contributed by atoms with Crippen molar-refractivity contribution >= 4 is 11.8 Å². The summed E-state index contributed by atoms with van der Waals surface area (Å²) >= 11 is 0. The van der Waals surface area contributed by atoms with Crippen molar-refractivity contribution in [2.45, 2.75) is 59.3 Å². The van der Waals surface area contributed by atoms with Crippen molar-refractivity contribution in [3.05, 3.63) is 0 Å². The minimum Gasteiger partial charge on any atom is -0.296 e. The molecule has 1 fully saturated rings. The number of nitrogens with one attached hydrogen (secondary N) is 1. The summed E-state index contributed by atoms with van der Waals surface area (Å²) in [5.41, 5.74) is 0. The average molecular weight is 239 g/mol. The van der Waals surface area contributed by atoms with Crippen LogP contribution in [0.2, 0.25) is 0 Å². The van der Waals surface area contributed by atoms with Crippen LogP contribution in [0.5, 0.6) is 0 Å². The van der Waals surface area contributed by atoms with E-state index in [1.165, 1.54) is 25.7 Å². The molecular weight excluding hydrogens is 214 g/mol. The van der Waals surface area contributed by atoms with Gasteiger partial charge in [-0.15, -0.1) is 0 Å². The predicted octanol–water partition coefficient (Wildman–Crippen LogP) is 2.89. The van der Waals surface area contributed by atoms with Crippen molar-refractivity contribution in [2.75, 3.05) is 0 Å².